The lowest BCUT2D eigenvalue weighted by Gasteiger charge is -2.09. The number of nitrogens with zero attached hydrogens (tertiary/aromatic N) is 1. The van der Waals surface area contributed by atoms with Gasteiger partial charge < -0.3 is 14.9 Å². The van der Waals surface area contributed by atoms with Crippen molar-refractivity contribution in [1.29, 1.82) is 0 Å². The molecule has 3 N–H and O–H groups in total. The molecule has 0 aliphatic heterocycles. The number of hydrogen-bond donors (Lipinski definition) is 3. The number of aromatic hydroxyl groups is 2. The Balaban J connectivity index is 2.02. The Kier molecular flexibility index (Phi) is 6.00. The lowest BCUT2D eigenvalue weighted by Crippen LogP contribution is -2.19. The highest BCUT2D eigenvalue weighted by atomic mass is 16.5. The van der Waals surface area contributed by atoms with Crippen LogP contribution in [-0.4, -0.2) is 28.4 Å². The van der Waals surface area contributed by atoms with Crippen LogP contribution in [0.5, 0.6) is 17.2 Å². The maximum atomic E-state index is 12.1. The first-order valence-electron chi connectivity index (χ1n) is 7.96. The van der Waals surface area contributed by atoms with Crippen molar-refractivity contribution in [3.63, 3.8) is 0 Å². The summed E-state index contributed by atoms with van der Waals surface area (Å²) in [7, 11) is 0. The van der Waals surface area contributed by atoms with Crippen LogP contribution in [-0.2, 0) is 0 Å². The van der Waals surface area contributed by atoms with Crippen LogP contribution in [0.3, 0.4) is 0 Å². The van der Waals surface area contributed by atoms with Crippen LogP contribution in [0.25, 0.3) is 0 Å². The van der Waals surface area contributed by atoms with E-state index in [1.165, 1.54) is 18.2 Å². The van der Waals surface area contributed by atoms with Gasteiger partial charge in [-0.15, -0.1) is 0 Å². The van der Waals surface area contributed by atoms with Gasteiger partial charge in [-0.3, -0.25) is 4.79 Å². The number of carbonyl (C=O) groups excluding carboxylic acids is 1. The lowest BCUT2D eigenvalue weighted by molar-refractivity contribution is 0.0954. The molecular formula is C19H22N2O4. The summed E-state index contributed by atoms with van der Waals surface area (Å²) in [5, 5.41) is 23.2. The molecule has 0 radical (unpaired) electrons. The van der Waals surface area contributed by atoms with E-state index in [1.807, 2.05) is 0 Å². The second kappa shape index (κ2) is 8.19. The van der Waals surface area contributed by atoms with Crippen molar-refractivity contribution in [1.82, 2.24) is 5.43 Å². The number of nitrogens with one attached hydrogen (secondary N) is 1. The van der Waals surface area contributed by atoms with Crippen molar-refractivity contribution >= 4 is 11.6 Å². The summed E-state index contributed by atoms with van der Waals surface area (Å²) in [6.45, 7) is 6.36. The SMILES string of the molecule is C/C(=N/NC(=O)c1ccc(OCC(C)C)cc1)c1cc(O)ccc1O. The van der Waals surface area contributed by atoms with E-state index in [9.17, 15) is 15.0 Å². The standard InChI is InChI=1S/C19H22N2O4/c1-12(2)11-25-16-7-4-14(5-8-16)19(24)21-20-13(3)17-10-15(22)6-9-18(17)23/h4-10,12,22-23H,11H2,1-3H3,(H,21,24)/b20-13-. The number of rotatable bonds is 6. The molecule has 0 saturated heterocycles. The molecule has 132 valence electrons. The lowest BCUT2D eigenvalue weighted by atomic mass is 10.1. The Hall–Kier alpha value is -3.02. The van der Waals surface area contributed by atoms with E-state index >= 15 is 0 Å². The van der Waals surface area contributed by atoms with Crippen molar-refractivity contribution in [2.75, 3.05) is 6.61 Å². The average molecular weight is 342 g/mol. The van der Waals surface area contributed by atoms with Gasteiger partial charge >= 0.3 is 0 Å². The summed E-state index contributed by atoms with van der Waals surface area (Å²) in [4.78, 5) is 12.1. The molecule has 1 amide bonds. The maximum absolute atomic E-state index is 12.1. The minimum atomic E-state index is -0.380. The molecule has 0 bridgehead atoms. The van der Waals surface area contributed by atoms with Crippen LogP contribution in [0.2, 0.25) is 0 Å². The minimum absolute atomic E-state index is 0.00524. The fraction of sp³-hybridized carbons (Fsp3) is 0.263. The Morgan fingerprint density at radius 3 is 2.48 bits per heavy atom. The number of hydrogen-bond acceptors (Lipinski definition) is 5. The summed E-state index contributed by atoms with van der Waals surface area (Å²) >= 11 is 0. The summed E-state index contributed by atoms with van der Waals surface area (Å²) in [5.74, 6) is 0.726. The molecule has 0 heterocycles. The first kappa shape index (κ1) is 18.3. The highest BCUT2D eigenvalue weighted by Gasteiger charge is 2.08. The third-order valence-corrected chi connectivity index (χ3v) is 3.39. The van der Waals surface area contributed by atoms with Crippen LogP contribution in [0.1, 0.15) is 36.7 Å². The molecule has 6 heteroatoms. The van der Waals surface area contributed by atoms with Gasteiger partial charge in [-0.2, -0.15) is 5.10 Å². The van der Waals surface area contributed by atoms with E-state index in [2.05, 4.69) is 24.4 Å². The summed E-state index contributed by atoms with van der Waals surface area (Å²) in [6, 6.07) is 10.9. The number of ether oxygens (including phenoxy) is 1. The topological polar surface area (TPSA) is 91.2 Å². The van der Waals surface area contributed by atoms with Crippen LogP contribution >= 0.6 is 0 Å². The third-order valence-electron chi connectivity index (χ3n) is 3.39. The van der Waals surface area contributed by atoms with E-state index in [0.717, 1.165) is 0 Å². The zero-order valence-corrected chi connectivity index (χ0v) is 14.5. The van der Waals surface area contributed by atoms with Crippen molar-refractivity contribution in [2.45, 2.75) is 20.8 Å². The highest BCUT2D eigenvalue weighted by Crippen LogP contribution is 2.22. The molecule has 6 nitrogen and oxygen atoms in total. The molecule has 25 heavy (non-hydrogen) atoms. The van der Waals surface area contributed by atoms with Gasteiger partial charge in [0.25, 0.3) is 5.91 Å². The molecule has 2 aromatic rings. The number of benzene rings is 2. The van der Waals surface area contributed by atoms with Gasteiger partial charge in [-0.25, -0.2) is 5.43 Å². The van der Waals surface area contributed by atoms with E-state index < -0.39 is 0 Å². The van der Waals surface area contributed by atoms with Crippen LogP contribution in [0.15, 0.2) is 47.6 Å². The molecule has 2 rings (SSSR count). The smallest absolute Gasteiger partial charge is 0.271 e. The van der Waals surface area contributed by atoms with Gasteiger partial charge in [0.05, 0.1) is 12.3 Å². The fourth-order valence-electron chi connectivity index (χ4n) is 2.04. The second-order valence-corrected chi connectivity index (χ2v) is 6.07. The van der Waals surface area contributed by atoms with Gasteiger partial charge in [-0.1, -0.05) is 13.8 Å². The molecular weight excluding hydrogens is 320 g/mol. The van der Waals surface area contributed by atoms with Crippen molar-refractivity contribution < 1.29 is 19.7 Å². The van der Waals surface area contributed by atoms with Gasteiger partial charge in [0.2, 0.25) is 0 Å². The summed E-state index contributed by atoms with van der Waals surface area (Å²) < 4.78 is 5.57. The van der Waals surface area contributed by atoms with Crippen LogP contribution in [0.4, 0.5) is 0 Å². The average Bonchev–Trinajstić information content (AvgIpc) is 2.60. The normalized spacial score (nSPS) is 11.4. The highest BCUT2D eigenvalue weighted by molar-refractivity contribution is 6.02. The minimum Gasteiger partial charge on any atom is -0.508 e. The van der Waals surface area contributed by atoms with Crippen molar-refractivity contribution in [3.05, 3.63) is 53.6 Å². The quantitative estimate of drug-likeness (QED) is 0.427. The largest absolute Gasteiger partial charge is 0.508 e. The molecule has 0 unspecified atom stereocenters. The van der Waals surface area contributed by atoms with Gasteiger partial charge in [-0.05, 0) is 55.3 Å². The van der Waals surface area contributed by atoms with E-state index in [4.69, 9.17) is 4.74 Å². The summed E-state index contributed by atoms with van der Waals surface area (Å²) in [6.07, 6.45) is 0. The molecule has 0 atom stereocenters. The first-order chi connectivity index (χ1) is 11.9. The fourth-order valence-corrected chi connectivity index (χ4v) is 2.04. The molecule has 0 saturated carbocycles. The second-order valence-electron chi connectivity index (χ2n) is 6.07. The number of amides is 1. The monoisotopic (exact) mass is 342 g/mol. The van der Waals surface area contributed by atoms with Gasteiger partial charge in [0.15, 0.2) is 0 Å². The van der Waals surface area contributed by atoms with Gasteiger partial charge in [0, 0.05) is 11.1 Å². The first-order valence-corrected chi connectivity index (χ1v) is 7.96. The predicted octanol–water partition coefficient (Wildman–Crippen LogP) is 3.29. The van der Waals surface area contributed by atoms with E-state index in [1.54, 1.807) is 31.2 Å². The zero-order chi connectivity index (χ0) is 18.4. The predicted molar refractivity (Wildman–Crippen MR) is 96.2 cm³/mol. The number of carbonyl (C=O) groups is 1. The number of phenols is 2. The van der Waals surface area contributed by atoms with Crippen LogP contribution in [0, 0.1) is 5.92 Å². The number of phenolic OH excluding ortho intramolecular Hbond substituents is 2. The van der Waals surface area contributed by atoms with E-state index in [0.29, 0.717) is 35.1 Å². The molecule has 0 aliphatic carbocycles. The van der Waals surface area contributed by atoms with Crippen molar-refractivity contribution in [3.8, 4) is 17.2 Å². The molecule has 0 aliphatic rings. The third kappa shape index (κ3) is 5.24. The maximum Gasteiger partial charge on any atom is 0.271 e. The summed E-state index contributed by atoms with van der Waals surface area (Å²) in [5.41, 5.74) is 3.59. The van der Waals surface area contributed by atoms with Crippen molar-refractivity contribution in [2.24, 2.45) is 11.0 Å². The van der Waals surface area contributed by atoms with Gasteiger partial charge in [0.1, 0.15) is 17.2 Å². The molecule has 0 spiro atoms. The molecule has 0 aromatic heterocycles. The Bertz CT molecular complexity index is 767. The Labute approximate surface area is 146 Å². The number of hydrazone groups is 1. The van der Waals surface area contributed by atoms with E-state index in [-0.39, 0.29) is 17.4 Å². The Morgan fingerprint density at radius 2 is 1.84 bits per heavy atom. The molecule has 0 fully saturated rings. The Morgan fingerprint density at radius 1 is 1.16 bits per heavy atom. The van der Waals surface area contributed by atoms with Crippen LogP contribution < -0.4 is 10.2 Å². The molecule has 2 aromatic carbocycles. The zero-order valence-electron chi connectivity index (χ0n) is 14.5.